The van der Waals surface area contributed by atoms with E-state index in [1.807, 2.05) is 43.5 Å². The maximum Gasteiger partial charge on any atom is 0.228 e. The van der Waals surface area contributed by atoms with Crippen LogP contribution < -0.4 is 9.64 Å². The van der Waals surface area contributed by atoms with Gasteiger partial charge in [-0.05, 0) is 68.0 Å². The zero-order chi connectivity index (χ0) is 22.1. The number of nitrogens with zero attached hydrogens (tertiary/aromatic N) is 2. The molecule has 4 heteroatoms. The molecule has 0 fully saturated rings. The molecule has 2 aliphatic heterocycles. The first kappa shape index (κ1) is 19.8. The number of rotatable bonds is 2. The molecular weight excluding hydrogens is 384 g/mol. The molecule has 0 saturated heterocycles. The number of Topliss-reactive ketones (excluding diaryl/α,β-unsaturated/α-hetero) is 1. The Labute approximate surface area is 183 Å². The van der Waals surface area contributed by atoms with Gasteiger partial charge in [0, 0.05) is 30.1 Å². The van der Waals surface area contributed by atoms with Gasteiger partial charge in [0.05, 0.1) is 11.6 Å². The van der Waals surface area contributed by atoms with E-state index in [2.05, 4.69) is 51.8 Å². The predicted octanol–water partition coefficient (Wildman–Crippen LogP) is 6.27. The molecular formula is C27H28N2O2. The molecule has 0 aliphatic carbocycles. The van der Waals surface area contributed by atoms with Crippen LogP contribution in [0.3, 0.4) is 0 Å². The molecule has 5 rings (SSSR count). The van der Waals surface area contributed by atoms with Crippen molar-refractivity contribution in [1.29, 1.82) is 0 Å². The number of ether oxygens (including phenoxy) is 1. The van der Waals surface area contributed by atoms with E-state index in [-0.39, 0.29) is 11.2 Å². The molecule has 0 N–H and O–H groups in total. The molecule has 3 aromatic rings. The Kier molecular flexibility index (Phi) is 4.11. The number of anilines is 1. The van der Waals surface area contributed by atoms with Gasteiger partial charge >= 0.3 is 0 Å². The minimum absolute atomic E-state index is 0.149. The fraction of sp³-hybridized carbons (Fsp3) is 0.333. The Morgan fingerprint density at radius 2 is 1.81 bits per heavy atom. The van der Waals surface area contributed by atoms with E-state index in [1.54, 1.807) is 0 Å². The lowest BCUT2D eigenvalue weighted by atomic mass is 9.77. The van der Waals surface area contributed by atoms with Crippen LogP contribution in [0.4, 0.5) is 11.4 Å². The van der Waals surface area contributed by atoms with Crippen molar-refractivity contribution in [3.05, 3.63) is 64.7 Å². The second-order valence-electron chi connectivity index (χ2n) is 9.32. The molecule has 1 spiro atoms. The van der Waals surface area contributed by atoms with Crippen LogP contribution in [0.25, 0.3) is 10.8 Å². The van der Waals surface area contributed by atoms with Crippen LogP contribution in [0, 0.1) is 13.8 Å². The zero-order valence-corrected chi connectivity index (χ0v) is 19.0. The van der Waals surface area contributed by atoms with Crippen molar-refractivity contribution in [1.82, 2.24) is 0 Å². The largest absolute Gasteiger partial charge is 0.459 e. The minimum Gasteiger partial charge on any atom is -0.459 e. The maximum absolute atomic E-state index is 12.1. The van der Waals surface area contributed by atoms with Gasteiger partial charge in [-0.15, -0.1) is 0 Å². The van der Waals surface area contributed by atoms with Gasteiger partial charge in [0.1, 0.15) is 11.4 Å². The summed E-state index contributed by atoms with van der Waals surface area (Å²) in [4.78, 5) is 19.3. The van der Waals surface area contributed by atoms with Crippen molar-refractivity contribution in [2.45, 2.75) is 52.2 Å². The molecule has 3 aromatic carbocycles. The van der Waals surface area contributed by atoms with Gasteiger partial charge in [-0.25, -0.2) is 0 Å². The number of carbonyl (C=O) groups excluding carboxylic acids is 1. The Hall–Kier alpha value is -3.14. The van der Waals surface area contributed by atoms with Crippen molar-refractivity contribution in [3.63, 3.8) is 0 Å². The molecule has 2 aliphatic rings. The number of aliphatic imine (C=N–C) groups is 1. The molecule has 0 amide bonds. The number of fused-ring (bicyclic) bond motifs is 4. The molecule has 0 bridgehead atoms. The first-order chi connectivity index (χ1) is 14.7. The average Bonchev–Trinajstić information content (AvgIpc) is 2.91. The SMILES string of the molecule is CCC(=O)c1ccc2c3c(ccc2c1)OC1(C=N3)N(C)c2cc(C)c(C)cc2C1(C)C. The third-order valence-electron chi connectivity index (χ3n) is 7.27. The van der Waals surface area contributed by atoms with Gasteiger partial charge in [-0.1, -0.05) is 31.2 Å². The predicted molar refractivity (Wildman–Crippen MR) is 127 cm³/mol. The summed E-state index contributed by atoms with van der Waals surface area (Å²) in [5.74, 6) is 0.918. The molecule has 0 radical (unpaired) electrons. The number of carbonyl (C=O) groups is 1. The highest BCUT2D eigenvalue weighted by Crippen LogP contribution is 2.54. The van der Waals surface area contributed by atoms with Crippen LogP contribution in [0.5, 0.6) is 5.75 Å². The van der Waals surface area contributed by atoms with Crippen LogP contribution >= 0.6 is 0 Å². The minimum atomic E-state index is -0.700. The standard InChI is InChI=1S/C27H28N2O2/c1-7-23(30)19-8-10-20-18(14-19)9-11-24-25(20)28-15-27(31-24)26(4,5)21-12-16(2)17(3)13-22(21)29(27)6/h8-15H,7H2,1-6H3. The molecule has 31 heavy (non-hydrogen) atoms. The van der Waals surface area contributed by atoms with Gasteiger partial charge in [0.2, 0.25) is 5.72 Å². The maximum atomic E-state index is 12.1. The second-order valence-corrected chi connectivity index (χ2v) is 9.32. The summed E-state index contributed by atoms with van der Waals surface area (Å²) in [6, 6.07) is 14.4. The number of hydrogen-bond donors (Lipinski definition) is 0. The smallest absolute Gasteiger partial charge is 0.228 e. The van der Waals surface area contributed by atoms with Gasteiger partial charge in [0.15, 0.2) is 5.78 Å². The summed E-state index contributed by atoms with van der Waals surface area (Å²) in [7, 11) is 2.09. The van der Waals surface area contributed by atoms with Crippen molar-refractivity contribution in [2.24, 2.45) is 4.99 Å². The first-order valence-electron chi connectivity index (χ1n) is 10.9. The number of likely N-dealkylation sites (N-methyl/N-ethyl adjacent to an activating group) is 1. The van der Waals surface area contributed by atoms with Crippen molar-refractivity contribution in [3.8, 4) is 5.75 Å². The van der Waals surface area contributed by atoms with Gasteiger partial charge in [-0.3, -0.25) is 9.79 Å². The van der Waals surface area contributed by atoms with E-state index >= 15 is 0 Å². The zero-order valence-electron chi connectivity index (χ0n) is 19.0. The van der Waals surface area contributed by atoms with Crippen LogP contribution in [-0.2, 0) is 5.41 Å². The molecule has 1 atom stereocenters. The molecule has 0 saturated carbocycles. The highest BCUT2D eigenvalue weighted by molar-refractivity contribution is 6.04. The number of ketones is 1. The van der Waals surface area contributed by atoms with E-state index in [4.69, 9.17) is 9.73 Å². The highest BCUT2D eigenvalue weighted by atomic mass is 16.5. The first-order valence-corrected chi connectivity index (χ1v) is 10.9. The normalized spacial score (nSPS) is 20.6. The van der Waals surface area contributed by atoms with Crippen molar-refractivity contribution < 1.29 is 9.53 Å². The summed E-state index contributed by atoms with van der Waals surface area (Å²) < 4.78 is 6.79. The van der Waals surface area contributed by atoms with Gasteiger partial charge in [0.25, 0.3) is 0 Å². The highest BCUT2D eigenvalue weighted by Gasteiger charge is 2.58. The molecule has 158 valence electrons. The molecule has 4 nitrogen and oxygen atoms in total. The summed E-state index contributed by atoms with van der Waals surface area (Å²) >= 11 is 0. The van der Waals surface area contributed by atoms with Crippen LogP contribution in [0.1, 0.15) is 54.2 Å². The van der Waals surface area contributed by atoms with Crippen molar-refractivity contribution >= 4 is 34.1 Å². The molecule has 0 aromatic heterocycles. The van der Waals surface area contributed by atoms with Gasteiger partial charge < -0.3 is 9.64 Å². The van der Waals surface area contributed by atoms with Crippen LogP contribution in [0.2, 0.25) is 0 Å². The Balaban J connectivity index is 1.64. The lowest BCUT2D eigenvalue weighted by molar-refractivity contribution is 0.0826. The van der Waals surface area contributed by atoms with E-state index in [0.717, 1.165) is 27.8 Å². The quantitative estimate of drug-likeness (QED) is 0.466. The van der Waals surface area contributed by atoms with Gasteiger partial charge in [-0.2, -0.15) is 0 Å². The topological polar surface area (TPSA) is 41.9 Å². The lowest BCUT2D eigenvalue weighted by Crippen LogP contribution is -2.61. The van der Waals surface area contributed by atoms with Crippen LogP contribution in [0.15, 0.2) is 47.5 Å². The fourth-order valence-electron chi connectivity index (χ4n) is 5.05. The van der Waals surface area contributed by atoms with E-state index < -0.39 is 5.72 Å². The summed E-state index contributed by atoms with van der Waals surface area (Å²) in [5, 5.41) is 2.00. The lowest BCUT2D eigenvalue weighted by Gasteiger charge is -2.45. The molecule has 1 unspecified atom stereocenters. The third kappa shape index (κ3) is 2.54. The number of aryl methyl sites for hydroxylation is 2. The van der Waals surface area contributed by atoms with E-state index in [9.17, 15) is 4.79 Å². The Morgan fingerprint density at radius 1 is 1.06 bits per heavy atom. The summed E-state index contributed by atoms with van der Waals surface area (Å²) in [5.41, 5.74) is 5.60. The fourth-order valence-corrected chi connectivity index (χ4v) is 5.05. The summed E-state index contributed by atoms with van der Waals surface area (Å²) in [6.07, 6.45) is 2.46. The van der Waals surface area contributed by atoms with Crippen molar-refractivity contribution in [2.75, 3.05) is 11.9 Å². The Morgan fingerprint density at radius 3 is 2.55 bits per heavy atom. The summed E-state index contributed by atoms with van der Waals surface area (Å²) in [6.45, 7) is 10.6. The third-order valence-corrected chi connectivity index (χ3v) is 7.27. The number of benzene rings is 3. The number of hydrogen-bond acceptors (Lipinski definition) is 4. The monoisotopic (exact) mass is 412 g/mol. The second kappa shape index (κ2) is 6.43. The average molecular weight is 413 g/mol. The van der Waals surface area contributed by atoms with E-state index in [0.29, 0.717) is 6.42 Å². The Bertz CT molecular complexity index is 1290. The van der Waals surface area contributed by atoms with Crippen LogP contribution in [-0.4, -0.2) is 24.8 Å². The molecule has 2 heterocycles. The van der Waals surface area contributed by atoms with E-state index in [1.165, 1.54) is 22.4 Å².